The number of aromatic amines is 1. The summed E-state index contributed by atoms with van der Waals surface area (Å²) in [5.41, 5.74) is -1.08. The van der Waals surface area contributed by atoms with E-state index in [1.54, 1.807) is 13.8 Å². The number of carbonyl (C=O) groups excluding carboxylic acids is 1. The first-order chi connectivity index (χ1) is 16.1. The van der Waals surface area contributed by atoms with Crippen molar-refractivity contribution < 1.29 is 42.5 Å². The SMILES string of the molecule is CCOP(=O)(OCC)C(CC1O[C@@H](n2cc(C)c(=O)[nH]c2=O)[C@H](OCCOC)[C@@H]1O)OC(C)=O. The van der Waals surface area contributed by atoms with Crippen LogP contribution in [0, 0.1) is 6.92 Å². The van der Waals surface area contributed by atoms with E-state index in [2.05, 4.69) is 4.98 Å². The highest BCUT2D eigenvalue weighted by Crippen LogP contribution is 2.56. The maximum Gasteiger partial charge on any atom is 0.371 e. The molecular weight excluding hydrogens is 475 g/mol. The second-order valence-corrected chi connectivity index (χ2v) is 9.71. The standard InChI is InChI=1S/C20H33N2O11P/c1-6-30-34(27,31-7-2)15(32-13(4)23)10-14-16(24)17(29-9-8-28-5)19(33-14)22-11-12(3)18(25)21-20(22)26/h11,14-17,19,24H,6-10H2,1-5H3,(H,21,25,26)/t14?,15?,16-,17-,19-/m1/s1. The molecule has 0 saturated carbocycles. The Labute approximate surface area is 196 Å². The topological polar surface area (TPSA) is 165 Å². The molecule has 194 valence electrons. The summed E-state index contributed by atoms with van der Waals surface area (Å²) in [6, 6.07) is 0. The Hall–Kier alpha value is -1.86. The van der Waals surface area contributed by atoms with E-state index in [0.29, 0.717) is 0 Å². The van der Waals surface area contributed by atoms with Crippen molar-refractivity contribution in [1.29, 1.82) is 0 Å². The number of ether oxygens (including phenoxy) is 4. The van der Waals surface area contributed by atoms with Crippen molar-refractivity contribution >= 4 is 13.6 Å². The second-order valence-electron chi connectivity index (χ2n) is 7.54. The third-order valence-corrected chi connectivity index (χ3v) is 7.30. The number of aliphatic hydroxyl groups excluding tert-OH is 1. The van der Waals surface area contributed by atoms with Crippen LogP contribution in [0.4, 0.5) is 0 Å². The fourth-order valence-electron chi connectivity index (χ4n) is 3.56. The Balaban J connectivity index is 2.41. The summed E-state index contributed by atoms with van der Waals surface area (Å²) in [6.07, 6.45) is -3.58. The minimum atomic E-state index is -3.93. The molecule has 34 heavy (non-hydrogen) atoms. The molecule has 1 fully saturated rings. The lowest BCUT2D eigenvalue weighted by Gasteiger charge is -2.28. The minimum absolute atomic E-state index is 0.0283. The summed E-state index contributed by atoms with van der Waals surface area (Å²) in [4.78, 5) is 38.2. The summed E-state index contributed by atoms with van der Waals surface area (Å²) >= 11 is 0. The highest BCUT2D eigenvalue weighted by atomic mass is 31.2. The summed E-state index contributed by atoms with van der Waals surface area (Å²) < 4.78 is 47.0. The largest absolute Gasteiger partial charge is 0.449 e. The van der Waals surface area contributed by atoms with Gasteiger partial charge in [-0.1, -0.05) is 0 Å². The zero-order chi connectivity index (χ0) is 25.5. The van der Waals surface area contributed by atoms with E-state index < -0.39 is 55.2 Å². The van der Waals surface area contributed by atoms with E-state index in [4.69, 9.17) is 28.0 Å². The van der Waals surface area contributed by atoms with E-state index in [1.165, 1.54) is 20.2 Å². The number of aliphatic hydroxyl groups is 1. The lowest BCUT2D eigenvalue weighted by molar-refractivity contribution is -0.145. The second kappa shape index (κ2) is 12.7. The van der Waals surface area contributed by atoms with Gasteiger partial charge in [-0.05, 0) is 20.8 Å². The van der Waals surface area contributed by atoms with Gasteiger partial charge in [0.05, 0.1) is 32.5 Å². The van der Waals surface area contributed by atoms with E-state index >= 15 is 0 Å². The van der Waals surface area contributed by atoms with Crippen molar-refractivity contribution in [2.75, 3.05) is 33.5 Å². The van der Waals surface area contributed by atoms with E-state index in [0.717, 1.165) is 11.5 Å². The number of H-pyrrole nitrogens is 1. The average molecular weight is 508 g/mol. The van der Waals surface area contributed by atoms with Crippen LogP contribution >= 0.6 is 7.60 Å². The van der Waals surface area contributed by atoms with Gasteiger partial charge in [-0.3, -0.25) is 23.7 Å². The number of nitrogens with one attached hydrogen (secondary N) is 1. The summed E-state index contributed by atoms with van der Waals surface area (Å²) in [5.74, 6) is -2.11. The zero-order valence-corrected chi connectivity index (χ0v) is 20.8. The fraction of sp³-hybridized carbons (Fsp3) is 0.750. The maximum atomic E-state index is 13.3. The number of hydrogen-bond donors (Lipinski definition) is 2. The molecule has 2 heterocycles. The predicted molar refractivity (Wildman–Crippen MR) is 119 cm³/mol. The number of nitrogens with zero attached hydrogens (tertiary/aromatic N) is 1. The molecule has 0 aliphatic carbocycles. The Morgan fingerprint density at radius 1 is 1.26 bits per heavy atom. The van der Waals surface area contributed by atoms with Crippen molar-refractivity contribution in [2.45, 2.75) is 64.5 Å². The summed E-state index contributed by atoms with van der Waals surface area (Å²) in [5, 5.41) is 11.0. The van der Waals surface area contributed by atoms with Gasteiger partial charge in [0.15, 0.2) is 6.23 Å². The van der Waals surface area contributed by atoms with Crippen LogP contribution in [0.3, 0.4) is 0 Å². The molecule has 1 aromatic rings. The van der Waals surface area contributed by atoms with Crippen molar-refractivity contribution in [3.8, 4) is 0 Å². The average Bonchev–Trinajstić information content (AvgIpc) is 3.06. The Bertz CT molecular complexity index is 968. The van der Waals surface area contributed by atoms with Gasteiger partial charge in [-0.2, -0.15) is 0 Å². The van der Waals surface area contributed by atoms with Crippen LogP contribution in [0.1, 0.15) is 39.0 Å². The molecule has 0 spiro atoms. The smallest absolute Gasteiger partial charge is 0.371 e. The van der Waals surface area contributed by atoms with Crippen LogP contribution in [-0.4, -0.2) is 78.3 Å². The highest BCUT2D eigenvalue weighted by Gasteiger charge is 2.50. The molecule has 13 nitrogen and oxygen atoms in total. The monoisotopic (exact) mass is 508 g/mol. The van der Waals surface area contributed by atoms with Gasteiger partial charge < -0.3 is 33.1 Å². The number of rotatable bonds is 13. The number of esters is 1. The van der Waals surface area contributed by atoms with E-state index in [-0.39, 0.29) is 38.4 Å². The number of aryl methyl sites for hydroxylation is 1. The molecule has 2 unspecified atom stereocenters. The first kappa shape index (κ1) is 28.4. The molecule has 0 amide bonds. The number of methoxy groups -OCH3 is 1. The predicted octanol–water partition coefficient (Wildman–Crippen LogP) is 0.680. The highest BCUT2D eigenvalue weighted by molar-refractivity contribution is 7.54. The minimum Gasteiger partial charge on any atom is -0.449 e. The van der Waals surface area contributed by atoms with Gasteiger partial charge in [0.25, 0.3) is 5.56 Å². The third kappa shape index (κ3) is 6.85. The molecule has 0 aromatic carbocycles. The van der Waals surface area contributed by atoms with Gasteiger partial charge in [0, 0.05) is 32.2 Å². The van der Waals surface area contributed by atoms with Crippen LogP contribution in [-0.2, 0) is 37.4 Å². The molecule has 1 aliphatic heterocycles. The van der Waals surface area contributed by atoms with E-state index in [9.17, 15) is 24.1 Å². The third-order valence-electron chi connectivity index (χ3n) is 5.04. The maximum absolute atomic E-state index is 13.3. The number of aromatic nitrogens is 2. The van der Waals surface area contributed by atoms with Gasteiger partial charge in [-0.15, -0.1) is 0 Å². The molecule has 2 N–H and O–H groups in total. The quantitative estimate of drug-likeness (QED) is 0.219. The summed E-state index contributed by atoms with van der Waals surface area (Å²) in [6.45, 7) is 6.21. The molecule has 2 rings (SSSR count). The first-order valence-corrected chi connectivity index (χ1v) is 12.5. The molecule has 14 heteroatoms. The van der Waals surface area contributed by atoms with Crippen LogP contribution in [0.2, 0.25) is 0 Å². The molecule has 0 radical (unpaired) electrons. The Kier molecular flexibility index (Phi) is 10.6. The van der Waals surface area contributed by atoms with Gasteiger partial charge >= 0.3 is 19.3 Å². The van der Waals surface area contributed by atoms with Gasteiger partial charge in [0.1, 0.15) is 12.2 Å². The molecule has 0 bridgehead atoms. The van der Waals surface area contributed by atoms with E-state index in [1.807, 2.05) is 0 Å². The fourth-order valence-corrected chi connectivity index (χ4v) is 5.43. The molecule has 1 saturated heterocycles. The van der Waals surface area contributed by atoms with Crippen molar-refractivity contribution in [3.05, 3.63) is 32.6 Å². The van der Waals surface area contributed by atoms with Crippen molar-refractivity contribution in [3.63, 3.8) is 0 Å². The molecule has 1 aliphatic rings. The normalized spacial score (nSPS) is 23.7. The van der Waals surface area contributed by atoms with Crippen molar-refractivity contribution in [2.24, 2.45) is 0 Å². The molecular formula is C20H33N2O11P. The van der Waals surface area contributed by atoms with Crippen LogP contribution in [0.15, 0.2) is 15.8 Å². The van der Waals surface area contributed by atoms with Crippen LogP contribution in [0.25, 0.3) is 0 Å². The Morgan fingerprint density at radius 2 is 1.91 bits per heavy atom. The molecule has 1 aromatic heterocycles. The summed E-state index contributed by atoms with van der Waals surface area (Å²) in [7, 11) is -2.46. The van der Waals surface area contributed by atoms with Gasteiger partial charge in [0.2, 0.25) is 5.85 Å². The number of hydrogen-bond acceptors (Lipinski definition) is 11. The number of carbonyl (C=O) groups is 1. The first-order valence-electron chi connectivity index (χ1n) is 10.9. The lowest BCUT2D eigenvalue weighted by Crippen LogP contribution is -2.40. The van der Waals surface area contributed by atoms with Gasteiger partial charge in [-0.25, -0.2) is 4.79 Å². The van der Waals surface area contributed by atoms with Crippen LogP contribution in [0.5, 0.6) is 0 Å². The lowest BCUT2D eigenvalue weighted by atomic mass is 10.1. The van der Waals surface area contributed by atoms with Crippen molar-refractivity contribution in [1.82, 2.24) is 9.55 Å². The molecule has 5 atom stereocenters. The Morgan fingerprint density at radius 3 is 2.47 bits per heavy atom. The van der Waals surface area contributed by atoms with Crippen LogP contribution < -0.4 is 11.2 Å². The zero-order valence-electron chi connectivity index (χ0n) is 19.9.